The summed E-state index contributed by atoms with van der Waals surface area (Å²) in [5, 5.41) is 13.4. The van der Waals surface area contributed by atoms with E-state index < -0.39 is 11.6 Å². The number of fused-ring (bicyclic) bond motifs is 1. The first-order valence-electron chi connectivity index (χ1n) is 12.3. The molecule has 0 spiro atoms. The van der Waals surface area contributed by atoms with Crippen LogP contribution >= 0.6 is 0 Å². The van der Waals surface area contributed by atoms with Crippen molar-refractivity contribution < 1.29 is 18.3 Å². The van der Waals surface area contributed by atoms with Crippen LogP contribution in [0.4, 0.5) is 8.78 Å². The standard InChI is InChI=1S/C30H26F2N4O2/c1-36(17-24-4-3-7-34-24)30(37)29-26-13-19(20-8-18(15-33)9-25(12-20)38-2)5-6-28(26)35-16-27(29)21-10-22(31)14-23(32)11-21/h5-6,8-14,16,24,34H,3-4,7,17H2,1-2H3/t24-/m0/s1. The minimum absolute atomic E-state index is 0.184. The van der Waals surface area contributed by atoms with Gasteiger partial charge in [0.15, 0.2) is 0 Å². The second-order valence-corrected chi connectivity index (χ2v) is 9.48. The Kier molecular flexibility index (Phi) is 7.03. The van der Waals surface area contributed by atoms with Crippen molar-refractivity contribution in [3.8, 4) is 34.1 Å². The van der Waals surface area contributed by atoms with Crippen LogP contribution in [0.1, 0.15) is 28.8 Å². The van der Waals surface area contributed by atoms with Gasteiger partial charge in [0.05, 0.1) is 29.8 Å². The fourth-order valence-electron chi connectivity index (χ4n) is 5.00. The van der Waals surface area contributed by atoms with Crippen molar-refractivity contribution in [2.24, 2.45) is 0 Å². The monoisotopic (exact) mass is 512 g/mol. The van der Waals surface area contributed by atoms with Crippen LogP contribution in [0.2, 0.25) is 0 Å². The summed E-state index contributed by atoms with van der Waals surface area (Å²) >= 11 is 0. The Labute approximate surface area is 219 Å². The van der Waals surface area contributed by atoms with Gasteiger partial charge in [0, 0.05) is 42.8 Å². The Morgan fingerprint density at radius 2 is 1.89 bits per heavy atom. The highest BCUT2D eigenvalue weighted by Gasteiger charge is 2.25. The SMILES string of the molecule is COc1cc(C#N)cc(-c2ccc3ncc(-c4cc(F)cc(F)c4)c(C(=O)N(C)C[C@@H]4CCCN4)c3c2)c1. The molecule has 0 saturated carbocycles. The molecule has 38 heavy (non-hydrogen) atoms. The first kappa shape index (κ1) is 25.3. The van der Waals surface area contributed by atoms with Gasteiger partial charge in [-0.25, -0.2) is 8.78 Å². The van der Waals surface area contributed by atoms with Gasteiger partial charge in [-0.1, -0.05) is 6.07 Å². The molecule has 1 aromatic heterocycles. The molecule has 1 atom stereocenters. The fourth-order valence-corrected chi connectivity index (χ4v) is 5.00. The molecule has 4 aromatic rings. The molecular weight excluding hydrogens is 486 g/mol. The number of nitrogens with one attached hydrogen (secondary N) is 1. The van der Waals surface area contributed by atoms with Crippen LogP contribution in [-0.4, -0.2) is 49.1 Å². The summed E-state index contributed by atoms with van der Waals surface area (Å²) in [6, 6.07) is 16.2. The molecule has 0 bridgehead atoms. The minimum atomic E-state index is -0.740. The number of likely N-dealkylation sites (N-methyl/N-ethyl adjacent to an activating group) is 1. The number of pyridine rings is 1. The topological polar surface area (TPSA) is 78.2 Å². The highest BCUT2D eigenvalue weighted by molar-refractivity contribution is 6.12. The van der Waals surface area contributed by atoms with E-state index in [-0.39, 0.29) is 17.5 Å². The molecule has 2 heterocycles. The summed E-state index contributed by atoms with van der Waals surface area (Å²) in [6.07, 6.45) is 3.51. The second-order valence-electron chi connectivity index (χ2n) is 9.48. The van der Waals surface area contributed by atoms with Crippen LogP contribution in [0.25, 0.3) is 33.2 Å². The summed E-state index contributed by atoms with van der Waals surface area (Å²) in [4.78, 5) is 20.1. The Balaban J connectivity index is 1.71. The molecule has 1 aliphatic heterocycles. The maximum Gasteiger partial charge on any atom is 0.255 e. The largest absolute Gasteiger partial charge is 0.497 e. The van der Waals surface area contributed by atoms with Gasteiger partial charge in [-0.2, -0.15) is 5.26 Å². The number of halogens is 2. The molecule has 1 N–H and O–H groups in total. The van der Waals surface area contributed by atoms with Gasteiger partial charge in [-0.05, 0) is 78.5 Å². The maximum absolute atomic E-state index is 14.2. The number of hydrogen-bond acceptors (Lipinski definition) is 5. The zero-order valence-electron chi connectivity index (χ0n) is 21.1. The molecule has 0 radical (unpaired) electrons. The number of carbonyl (C=O) groups excluding carboxylic acids is 1. The van der Waals surface area contributed by atoms with Crippen LogP contribution < -0.4 is 10.1 Å². The van der Waals surface area contributed by atoms with E-state index in [1.54, 1.807) is 36.2 Å². The third kappa shape index (κ3) is 5.06. The highest BCUT2D eigenvalue weighted by Crippen LogP contribution is 2.34. The Morgan fingerprint density at radius 3 is 2.58 bits per heavy atom. The number of benzene rings is 3. The van der Waals surface area contributed by atoms with Gasteiger partial charge in [-0.15, -0.1) is 0 Å². The zero-order valence-corrected chi connectivity index (χ0v) is 21.1. The number of nitrogens with zero attached hydrogens (tertiary/aromatic N) is 3. The number of hydrogen-bond donors (Lipinski definition) is 1. The lowest BCUT2D eigenvalue weighted by atomic mass is 9.94. The quantitative estimate of drug-likeness (QED) is 0.367. The summed E-state index contributed by atoms with van der Waals surface area (Å²) in [7, 11) is 3.26. The lowest BCUT2D eigenvalue weighted by Gasteiger charge is -2.24. The molecular formula is C30H26F2N4O2. The van der Waals surface area contributed by atoms with Crippen LogP contribution in [0.5, 0.6) is 5.75 Å². The van der Waals surface area contributed by atoms with E-state index in [1.165, 1.54) is 25.4 Å². The van der Waals surface area contributed by atoms with Crippen molar-refractivity contribution in [1.29, 1.82) is 5.26 Å². The van der Waals surface area contributed by atoms with Crippen molar-refractivity contribution >= 4 is 16.8 Å². The molecule has 1 aliphatic rings. The van der Waals surface area contributed by atoms with Crippen LogP contribution in [0, 0.1) is 23.0 Å². The normalized spacial score (nSPS) is 14.9. The van der Waals surface area contributed by atoms with Gasteiger partial charge in [0.1, 0.15) is 17.4 Å². The van der Waals surface area contributed by atoms with E-state index in [2.05, 4.69) is 16.4 Å². The Bertz CT molecular complexity index is 1550. The number of rotatable bonds is 6. The Hall–Kier alpha value is -4.35. The molecule has 5 rings (SSSR count). The van der Waals surface area contributed by atoms with E-state index in [1.807, 2.05) is 12.1 Å². The number of methoxy groups -OCH3 is 1. The smallest absolute Gasteiger partial charge is 0.255 e. The van der Waals surface area contributed by atoms with Crippen molar-refractivity contribution in [2.45, 2.75) is 18.9 Å². The van der Waals surface area contributed by atoms with Crippen LogP contribution in [-0.2, 0) is 0 Å². The summed E-state index contributed by atoms with van der Waals surface area (Å²) in [6.45, 7) is 1.41. The zero-order chi connectivity index (χ0) is 26.8. The molecule has 3 aromatic carbocycles. The number of ether oxygens (including phenoxy) is 1. The van der Waals surface area contributed by atoms with Crippen LogP contribution in [0.15, 0.2) is 60.8 Å². The predicted octanol–water partition coefficient (Wildman–Crippen LogP) is 5.55. The van der Waals surface area contributed by atoms with Crippen LogP contribution in [0.3, 0.4) is 0 Å². The van der Waals surface area contributed by atoms with E-state index in [0.717, 1.165) is 36.6 Å². The van der Waals surface area contributed by atoms with E-state index in [4.69, 9.17) is 4.74 Å². The van der Waals surface area contributed by atoms with Gasteiger partial charge in [0.2, 0.25) is 0 Å². The molecule has 8 heteroatoms. The highest BCUT2D eigenvalue weighted by atomic mass is 19.1. The van der Waals surface area contributed by atoms with Gasteiger partial charge >= 0.3 is 0 Å². The molecule has 6 nitrogen and oxygen atoms in total. The molecule has 1 amide bonds. The first-order chi connectivity index (χ1) is 18.4. The third-order valence-electron chi connectivity index (χ3n) is 6.86. The lowest BCUT2D eigenvalue weighted by Crippen LogP contribution is -2.38. The molecule has 1 saturated heterocycles. The van der Waals surface area contributed by atoms with Gasteiger partial charge in [-0.3, -0.25) is 9.78 Å². The average Bonchev–Trinajstić information content (AvgIpc) is 3.43. The van der Waals surface area contributed by atoms with Gasteiger partial charge in [0.25, 0.3) is 5.91 Å². The summed E-state index contributed by atoms with van der Waals surface area (Å²) < 4.78 is 33.8. The van der Waals surface area contributed by atoms with Crippen molar-refractivity contribution in [3.63, 3.8) is 0 Å². The molecule has 1 fully saturated rings. The van der Waals surface area contributed by atoms with E-state index in [9.17, 15) is 18.8 Å². The fraction of sp³-hybridized carbons (Fsp3) is 0.233. The van der Waals surface area contributed by atoms with Crippen molar-refractivity contribution in [2.75, 3.05) is 27.2 Å². The van der Waals surface area contributed by atoms with Crippen molar-refractivity contribution in [3.05, 3.63) is 83.6 Å². The van der Waals surface area contributed by atoms with E-state index >= 15 is 0 Å². The molecule has 0 unspecified atom stereocenters. The Morgan fingerprint density at radius 1 is 1.11 bits per heavy atom. The second kappa shape index (κ2) is 10.6. The van der Waals surface area contributed by atoms with Gasteiger partial charge < -0.3 is 15.0 Å². The number of nitriles is 1. The minimum Gasteiger partial charge on any atom is -0.497 e. The third-order valence-corrected chi connectivity index (χ3v) is 6.86. The predicted molar refractivity (Wildman–Crippen MR) is 142 cm³/mol. The molecule has 0 aliphatic carbocycles. The number of amides is 1. The van der Waals surface area contributed by atoms with E-state index in [0.29, 0.717) is 39.9 Å². The maximum atomic E-state index is 14.2. The first-order valence-corrected chi connectivity index (χ1v) is 12.3. The summed E-state index contributed by atoms with van der Waals surface area (Å²) in [5.41, 5.74) is 3.35. The average molecular weight is 513 g/mol. The number of aromatic nitrogens is 1. The lowest BCUT2D eigenvalue weighted by molar-refractivity contribution is 0.0786. The van der Waals surface area contributed by atoms with Crippen molar-refractivity contribution in [1.82, 2.24) is 15.2 Å². The molecule has 192 valence electrons. The number of carbonyl (C=O) groups is 1. The summed E-state index contributed by atoms with van der Waals surface area (Å²) in [5.74, 6) is -1.22.